The average molecular weight is 354 g/mol. The molecule has 0 bridgehead atoms. The van der Waals surface area contributed by atoms with Crippen molar-refractivity contribution in [1.82, 2.24) is 10.3 Å². The van der Waals surface area contributed by atoms with Gasteiger partial charge in [0.1, 0.15) is 0 Å². The Kier molecular flexibility index (Phi) is 6.66. The maximum Gasteiger partial charge on any atom is 0.416 e. The smallest absolute Gasteiger partial charge is 0.355 e. The van der Waals surface area contributed by atoms with Gasteiger partial charge in [-0.3, -0.25) is 9.78 Å². The second-order valence-electron chi connectivity index (χ2n) is 5.07. The predicted molar refractivity (Wildman–Crippen MR) is 88.6 cm³/mol. The summed E-state index contributed by atoms with van der Waals surface area (Å²) in [5.41, 5.74) is 0.421. The van der Waals surface area contributed by atoms with E-state index in [9.17, 15) is 18.0 Å². The van der Waals surface area contributed by atoms with Gasteiger partial charge >= 0.3 is 6.18 Å². The second-order valence-corrected chi connectivity index (χ2v) is 6.05. The minimum Gasteiger partial charge on any atom is -0.355 e. The number of aromatic nitrogens is 1. The normalized spacial score (nSPS) is 11.3. The number of carbonyl (C=O) groups is 1. The first-order valence-electron chi connectivity index (χ1n) is 7.36. The Balaban J connectivity index is 1.73. The Morgan fingerprint density at radius 1 is 1.12 bits per heavy atom. The molecule has 1 aromatic carbocycles. The molecule has 0 spiro atoms. The predicted octanol–water partition coefficient (Wildman–Crippen LogP) is 3.69. The zero-order chi connectivity index (χ0) is 17.4. The molecule has 128 valence electrons. The largest absolute Gasteiger partial charge is 0.416 e. The van der Waals surface area contributed by atoms with Crippen LogP contribution in [-0.2, 0) is 23.1 Å². The van der Waals surface area contributed by atoms with Crippen LogP contribution in [0.2, 0.25) is 0 Å². The molecule has 7 heteroatoms. The number of hydrogen-bond donors (Lipinski definition) is 1. The minimum atomic E-state index is -4.38. The van der Waals surface area contributed by atoms with Crippen molar-refractivity contribution in [1.29, 1.82) is 0 Å². The van der Waals surface area contributed by atoms with Gasteiger partial charge in [-0.25, -0.2) is 0 Å². The molecule has 0 aliphatic heterocycles. The zero-order valence-corrected chi connectivity index (χ0v) is 13.7. The van der Waals surface area contributed by atoms with E-state index in [1.54, 1.807) is 12.3 Å². The van der Waals surface area contributed by atoms with Crippen LogP contribution in [0.3, 0.4) is 0 Å². The van der Waals surface area contributed by atoms with Gasteiger partial charge in [-0.15, -0.1) is 11.8 Å². The van der Waals surface area contributed by atoms with E-state index in [1.165, 1.54) is 23.9 Å². The number of nitrogens with zero attached hydrogens (tertiary/aromatic N) is 1. The van der Waals surface area contributed by atoms with Crippen molar-refractivity contribution >= 4 is 17.7 Å². The molecule has 1 amide bonds. The fourth-order valence-electron chi connectivity index (χ4n) is 2.13. The van der Waals surface area contributed by atoms with E-state index in [2.05, 4.69) is 10.3 Å². The number of amides is 1. The van der Waals surface area contributed by atoms with Crippen molar-refractivity contribution in [2.45, 2.75) is 18.3 Å². The first-order chi connectivity index (χ1) is 11.5. The average Bonchev–Trinajstić information content (AvgIpc) is 2.55. The number of halogens is 3. The highest BCUT2D eigenvalue weighted by molar-refractivity contribution is 7.99. The highest BCUT2D eigenvalue weighted by Crippen LogP contribution is 2.31. The van der Waals surface area contributed by atoms with Crippen LogP contribution >= 0.6 is 11.8 Å². The number of pyridine rings is 1. The van der Waals surface area contributed by atoms with Crippen LogP contribution in [0.5, 0.6) is 0 Å². The molecule has 0 radical (unpaired) electrons. The fraction of sp³-hybridized carbons (Fsp3) is 0.294. The molecule has 0 aliphatic carbocycles. The third-order valence-electron chi connectivity index (χ3n) is 3.25. The molecule has 1 aromatic heterocycles. The Bertz CT molecular complexity index is 662. The van der Waals surface area contributed by atoms with Crippen molar-refractivity contribution in [3.05, 3.63) is 65.5 Å². The highest BCUT2D eigenvalue weighted by atomic mass is 32.2. The molecule has 0 atom stereocenters. The SMILES string of the molecule is O=C(CSCc1ccccn1)NCCc1ccccc1C(F)(F)F. The maximum atomic E-state index is 12.9. The summed E-state index contributed by atoms with van der Waals surface area (Å²) in [4.78, 5) is 15.9. The highest BCUT2D eigenvalue weighted by Gasteiger charge is 2.32. The Morgan fingerprint density at radius 2 is 1.88 bits per heavy atom. The van der Waals surface area contributed by atoms with E-state index >= 15 is 0 Å². The van der Waals surface area contributed by atoms with Gasteiger partial charge in [0.25, 0.3) is 0 Å². The monoisotopic (exact) mass is 354 g/mol. The van der Waals surface area contributed by atoms with E-state index in [0.717, 1.165) is 11.8 Å². The lowest BCUT2D eigenvalue weighted by Gasteiger charge is -2.12. The van der Waals surface area contributed by atoms with Crippen LogP contribution in [0.15, 0.2) is 48.7 Å². The number of carbonyl (C=O) groups excluding carboxylic acids is 1. The number of thioether (sulfide) groups is 1. The third kappa shape index (κ3) is 5.88. The lowest BCUT2D eigenvalue weighted by Crippen LogP contribution is -2.28. The molecule has 0 unspecified atom stereocenters. The quantitative estimate of drug-likeness (QED) is 0.825. The number of hydrogen-bond acceptors (Lipinski definition) is 3. The topological polar surface area (TPSA) is 42.0 Å². The molecule has 1 heterocycles. The summed E-state index contributed by atoms with van der Waals surface area (Å²) >= 11 is 1.41. The molecular weight excluding hydrogens is 337 g/mol. The van der Waals surface area contributed by atoms with Crippen LogP contribution in [0.25, 0.3) is 0 Å². The van der Waals surface area contributed by atoms with Crippen LogP contribution < -0.4 is 5.32 Å². The van der Waals surface area contributed by atoms with E-state index in [4.69, 9.17) is 0 Å². The maximum absolute atomic E-state index is 12.9. The molecule has 1 N–H and O–H groups in total. The Labute approximate surface area is 142 Å². The first-order valence-corrected chi connectivity index (χ1v) is 8.52. The molecular formula is C17H17F3N2OS. The van der Waals surface area contributed by atoms with Gasteiger partial charge in [0.2, 0.25) is 5.91 Å². The van der Waals surface area contributed by atoms with Gasteiger partial charge < -0.3 is 5.32 Å². The summed E-state index contributed by atoms with van der Waals surface area (Å²) in [5, 5.41) is 2.65. The van der Waals surface area contributed by atoms with Crippen molar-refractivity contribution < 1.29 is 18.0 Å². The summed E-state index contributed by atoms with van der Waals surface area (Å²) in [5.74, 6) is 0.670. The van der Waals surface area contributed by atoms with Gasteiger partial charge in [-0.1, -0.05) is 24.3 Å². The van der Waals surface area contributed by atoms with Gasteiger partial charge in [-0.05, 0) is 30.2 Å². The minimum absolute atomic E-state index is 0.145. The number of nitrogens with one attached hydrogen (secondary N) is 1. The van der Waals surface area contributed by atoms with E-state index in [0.29, 0.717) is 5.75 Å². The molecule has 0 fully saturated rings. The summed E-state index contributed by atoms with van der Waals surface area (Å²) in [6, 6.07) is 11.0. The molecule has 24 heavy (non-hydrogen) atoms. The molecule has 0 saturated carbocycles. The molecule has 3 nitrogen and oxygen atoms in total. The lowest BCUT2D eigenvalue weighted by molar-refractivity contribution is -0.138. The Morgan fingerprint density at radius 3 is 2.58 bits per heavy atom. The van der Waals surface area contributed by atoms with Crippen LogP contribution in [0, 0.1) is 0 Å². The lowest BCUT2D eigenvalue weighted by atomic mass is 10.0. The summed E-state index contributed by atoms with van der Waals surface area (Å²) in [7, 11) is 0. The van der Waals surface area contributed by atoms with Crippen LogP contribution in [-0.4, -0.2) is 23.2 Å². The number of alkyl halides is 3. The zero-order valence-electron chi connectivity index (χ0n) is 12.8. The summed E-state index contributed by atoms with van der Waals surface area (Å²) < 4.78 is 38.6. The first kappa shape index (κ1) is 18.3. The van der Waals surface area contributed by atoms with E-state index < -0.39 is 11.7 Å². The van der Waals surface area contributed by atoms with Gasteiger partial charge in [0.15, 0.2) is 0 Å². The van der Waals surface area contributed by atoms with E-state index in [-0.39, 0.29) is 30.2 Å². The van der Waals surface area contributed by atoms with Crippen molar-refractivity contribution in [2.24, 2.45) is 0 Å². The van der Waals surface area contributed by atoms with Crippen LogP contribution in [0.4, 0.5) is 13.2 Å². The second kappa shape index (κ2) is 8.73. The van der Waals surface area contributed by atoms with E-state index in [1.807, 2.05) is 18.2 Å². The van der Waals surface area contributed by atoms with Crippen molar-refractivity contribution in [3.63, 3.8) is 0 Å². The van der Waals surface area contributed by atoms with Crippen LogP contribution in [0.1, 0.15) is 16.8 Å². The van der Waals surface area contributed by atoms with Gasteiger partial charge in [-0.2, -0.15) is 13.2 Å². The number of benzene rings is 1. The fourth-order valence-corrected chi connectivity index (χ4v) is 2.90. The summed E-state index contributed by atoms with van der Waals surface area (Å²) in [6.07, 6.45) is -2.54. The van der Waals surface area contributed by atoms with Crippen molar-refractivity contribution in [3.8, 4) is 0 Å². The molecule has 0 saturated heterocycles. The van der Waals surface area contributed by atoms with Crippen molar-refractivity contribution in [2.75, 3.05) is 12.3 Å². The van der Waals surface area contributed by atoms with Gasteiger partial charge in [0.05, 0.1) is 17.0 Å². The molecule has 2 aromatic rings. The van der Waals surface area contributed by atoms with Gasteiger partial charge in [0, 0.05) is 18.5 Å². The standard InChI is InChI=1S/C17H17F3N2OS/c18-17(19,20)15-7-2-1-5-13(15)8-10-22-16(23)12-24-11-14-6-3-4-9-21-14/h1-7,9H,8,10-12H2,(H,22,23). The molecule has 2 rings (SSSR count). The summed E-state index contributed by atoms with van der Waals surface area (Å²) in [6.45, 7) is 0.177. The third-order valence-corrected chi connectivity index (χ3v) is 4.21. The number of rotatable bonds is 7. The Hall–Kier alpha value is -2.02. The molecule has 0 aliphatic rings.